The average Bonchev–Trinajstić information content (AvgIpc) is 3.39. The first kappa shape index (κ1) is 25.8. The molecule has 0 bridgehead atoms. The summed E-state index contributed by atoms with van der Waals surface area (Å²) in [6.45, 7) is 0. The normalized spacial score (nSPS) is 12.3. The van der Waals surface area contributed by atoms with Crippen LogP contribution >= 0.6 is 23.2 Å². The number of pyridine rings is 1. The van der Waals surface area contributed by atoms with E-state index in [4.69, 9.17) is 32.9 Å². The average molecular weight is 551 g/mol. The molecule has 10 heteroatoms. The van der Waals surface area contributed by atoms with Crippen molar-refractivity contribution in [2.75, 3.05) is 12.4 Å². The molecule has 1 amide bonds. The van der Waals surface area contributed by atoms with Gasteiger partial charge in [-0.3, -0.25) is 14.2 Å². The molecule has 0 atom stereocenters. The lowest BCUT2D eigenvalue weighted by atomic mass is 9.99. The number of benzene rings is 2. The minimum atomic E-state index is -0.703. The molecule has 38 heavy (non-hydrogen) atoms. The molecule has 1 aliphatic carbocycles. The number of carbonyl (C=O) groups excluding carboxylic acids is 1. The van der Waals surface area contributed by atoms with Crippen LogP contribution in [0.25, 0.3) is 22.4 Å². The van der Waals surface area contributed by atoms with E-state index in [1.54, 1.807) is 25.3 Å². The Bertz CT molecular complexity index is 1730. The van der Waals surface area contributed by atoms with Crippen LogP contribution in [0.1, 0.15) is 27.9 Å². The summed E-state index contributed by atoms with van der Waals surface area (Å²) in [4.78, 5) is 42.2. The summed E-state index contributed by atoms with van der Waals surface area (Å²) in [6, 6.07) is 12.8. The largest absolute Gasteiger partial charge is 0.481 e. The number of nitrogens with one attached hydrogen (secondary N) is 1. The van der Waals surface area contributed by atoms with Gasteiger partial charge in [0.25, 0.3) is 11.5 Å². The van der Waals surface area contributed by atoms with Gasteiger partial charge in [0, 0.05) is 42.5 Å². The van der Waals surface area contributed by atoms with Crippen molar-refractivity contribution in [3.63, 3.8) is 0 Å². The van der Waals surface area contributed by atoms with E-state index in [1.165, 1.54) is 30.4 Å². The Labute approximate surface area is 228 Å². The maximum atomic E-state index is 13.0. The molecule has 0 saturated heterocycles. The summed E-state index contributed by atoms with van der Waals surface area (Å²) < 4.78 is 7.60. The van der Waals surface area contributed by atoms with E-state index in [9.17, 15) is 14.4 Å². The van der Waals surface area contributed by atoms with Crippen molar-refractivity contribution in [3.8, 4) is 28.3 Å². The molecule has 0 unspecified atom stereocenters. The predicted octanol–water partition coefficient (Wildman–Crippen LogP) is 4.87. The van der Waals surface area contributed by atoms with Crippen molar-refractivity contribution >= 4 is 34.8 Å². The monoisotopic (exact) mass is 550 g/mol. The summed E-state index contributed by atoms with van der Waals surface area (Å²) in [5, 5.41) is 3.40. The molecule has 5 rings (SSSR count). The van der Waals surface area contributed by atoms with Crippen LogP contribution in [0.5, 0.6) is 5.88 Å². The molecule has 2 aromatic heterocycles. The minimum Gasteiger partial charge on any atom is -0.481 e. The highest BCUT2D eigenvalue weighted by atomic mass is 35.5. The van der Waals surface area contributed by atoms with Crippen LogP contribution in [0.4, 0.5) is 5.69 Å². The van der Waals surface area contributed by atoms with E-state index in [0.29, 0.717) is 33.4 Å². The van der Waals surface area contributed by atoms with Gasteiger partial charge in [-0.25, -0.2) is 9.78 Å². The highest BCUT2D eigenvalue weighted by Gasteiger charge is 2.22. The summed E-state index contributed by atoms with van der Waals surface area (Å²) >= 11 is 13.7. The van der Waals surface area contributed by atoms with Crippen LogP contribution < -0.4 is 21.3 Å². The maximum absolute atomic E-state index is 13.0. The fraction of sp³-hybridized carbons (Fsp3) is 0.214. The van der Waals surface area contributed by atoms with Gasteiger partial charge >= 0.3 is 5.69 Å². The number of hydrogen-bond acceptors (Lipinski definition) is 5. The molecular formula is C28H24Cl2N4O4. The standard InChI is InChI=1S/C28H24Cl2N4O4/c1-33-14-20(27(36)34(2)28(33)37)25(35)31-21-12-6-10-18(24(21)30)17-9-5-11-19(23(17)29)22-13-15-7-4-8-16(15)26(32-22)38-3/h5-6,9-14H,4,7-8H2,1-3H3,(H,31,35). The molecule has 0 radical (unpaired) electrons. The molecule has 8 nitrogen and oxygen atoms in total. The second-order valence-corrected chi connectivity index (χ2v) is 9.85. The molecule has 0 saturated carbocycles. The summed E-state index contributed by atoms with van der Waals surface area (Å²) in [7, 11) is 4.40. The van der Waals surface area contributed by atoms with Crippen molar-refractivity contribution in [1.82, 2.24) is 14.1 Å². The van der Waals surface area contributed by atoms with Gasteiger partial charge in [-0.05, 0) is 37.0 Å². The summed E-state index contributed by atoms with van der Waals surface area (Å²) in [5.41, 5.74) is 3.92. The van der Waals surface area contributed by atoms with Gasteiger partial charge in [0.2, 0.25) is 5.88 Å². The van der Waals surface area contributed by atoms with E-state index in [-0.39, 0.29) is 10.6 Å². The highest BCUT2D eigenvalue weighted by Crippen LogP contribution is 2.42. The van der Waals surface area contributed by atoms with Crippen LogP contribution in [0.15, 0.2) is 58.3 Å². The third-order valence-electron chi connectivity index (χ3n) is 6.75. The zero-order chi connectivity index (χ0) is 27.1. The Hall–Kier alpha value is -3.88. The second-order valence-electron chi connectivity index (χ2n) is 9.10. The zero-order valence-electron chi connectivity index (χ0n) is 21.0. The minimum absolute atomic E-state index is 0.187. The molecule has 2 aromatic carbocycles. The van der Waals surface area contributed by atoms with Crippen LogP contribution in [0.2, 0.25) is 10.0 Å². The first-order chi connectivity index (χ1) is 18.2. The van der Waals surface area contributed by atoms with Gasteiger partial charge in [-0.15, -0.1) is 0 Å². The van der Waals surface area contributed by atoms with E-state index in [1.807, 2.05) is 18.2 Å². The molecule has 1 aliphatic rings. The Balaban J connectivity index is 1.53. The number of fused-ring (bicyclic) bond motifs is 1. The highest BCUT2D eigenvalue weighted by molar-refractivity contribution is 6.39. The van der Waals surface area contributed by atoms with Gasteiger partial charge < -0.3 is 14.6 Å². The lowest BCUT2D eigenvalue weighted by molar-refractivity contribution is 0.102. The molecule has 194 valence electrons. The molecule has 0 spiro atoms. The number of hydrogen-bond donors (Lipinski definition) is 1. The Morgan fingerprint density at radius 2 is 1.68 bits per heavy atom. The van der Waals surface area contributed by atoms with E-state index < -0.39 is 17.2 Å². The van der Waals surface area contributed by atoms with E-state index in [2.05, 4.69) is 11.4 Å². The number of rotatable bonds is 5. The first-order valence-electron chi connectivity index (χ1n) is 11.9. The molecule has 4 aromatic rings. The van der Waals surface area contributed by atoms with Crippen molar-refractivity contribution in [3.05, 3.63) is 96.2 Å². The number of nitrogens with zero attached hydrogens (tertiary/aromatic N) is 3. The molecule has 0 aliphatic heterocycles. The SMILES string of the molecule is COc1nc(-c2cccc(-c3cccc(NC(=O)c4cn(C)c(=O)n(C)c4=O)c3Cl)c2Cl)cc2c1CCC2. The van der Waals surface area contributed by atoms with Crippen molar-refractivity contribution in [2.45, 2.75) is 19.3 Å². The van der Waals surface area contributed by atoms with Crippen molar-refractivity contribution in [1.29, 1.82) is 0 Å². The Morgan fingerprint density at radius 1 is 1.00 bits per heavy atom. The van der Waals surface area contributed by atoms with Gasteiger partial charge in [-0.2, -0.15) is 0 Å². The molecule has 2 heterocycles. The van der Waals surface area contributed by atoms with Crippen LogP contribution in [-0.4, -0.2) is 27.1 Å². The fourth-order valence-corrected chi connectivity index (χ4v) is 5.38. The second kappa shape index (κ2) is 10.1. The topological polar surface area (TPSA) is 95.2 Å². The zero-order valence-corrected chi connectivity index (χ0v) is 22.5. The number of halogens is 2. The number of aromatic nitrogens is 3. The van der Waals surface area contributed by atoms with Gasteiger partial charge in [-0.1, -0.05) is 53.5 Å². The van der Waals surface area contributed by atoms with Crippen LogP contribution in [0.3, 0.4) is 0 Å². The molecular weight excluding hydrogens is 527 g/mol. The number of anilines is 1. The Kier molecular flexibility index (Phi) is 6.86. The van der Waals surface area contributed by atoms with Gasteiger partial charge in [0.05, 0.1) is 28.5 Å². The third kappa shape index (κ3) is 4.40. The quantitative estimate of drug-likeness (QED) is 0.382. The predicted molar refractivity (Wildman–Crippen MR) is 149 cm³/mol. The van der Waals surface area contributed by atoms with Crippen LogP contribution in [0, 0.1) is 0 Å². The lowest BCUT2D eigenvalue weighted by Crippen LogP contribution is -2.40. The number of ether oxygens (including phenoxy) is 1. The smallest absolute Gasteiger partial charge is 0.330 e. The molecule has 1 N–H and O–H groups in total. The van der Waals surface area contributed by atoms with Gasteiger partial charge in [0.15, 0.2) is 0 Å². The number of methoxy groups -OCH3 is 1. The lowest BCUT2D eigenvalue weighted by Gasteiger charge is -2.15. The molecule has 0 fully saturated rings. The van der Waals surface area contributed by atoms with E-state index in [0.717, 1.165) is 35.0 Å². The van der Waals surface area contributed by atoms with Crippen molar-refractivity contribution < 1.29 is 9.53 Å². The number of carbonyl (C=O) groups is 1. The maximum Gasteiger partial charge on any atom is 0.330 e. The van der Waals surface area contributed by atoms with Crippen molar-refractivity contribution in [2.24, 2.45) is 14.1 Å². The van der Waals surface area contributed by atoms with Gasteiger partial charge in [0.1, 0.15) is 5.56 Å². The summed E-state index contributed by atoms with van der Waals surface area (Å²) in [5.74, 6) is -0.0710. The van der Waals surface area contributed by atoms with Crippen LogP contribution in [-0.2, 0) is 26.9 Å². The Morgan fingerprint density at radius 3 is 2.42 bits per heavy atom. The number of amides is 1. The number of aryl methyl sites for hydroxylation is 2. The van der Waals surface area contributed by atoms with E-state index >= 15 is 0 Å². The fourth-order valence-electron chi connectivity index (χ4n) is 4.78. The summed E-state index contributed by atoms with van der Waals surface area (Å²) in [6.07, 6.45) is 4.17. The first-order valence-corrected chi connectivity index (χ1v) is 12.7. The third-order valence-corrected chi connectivity index (χ3v) is 7.56.